The molecule has 0 saturated heterocycles. The Kier molecular flexibility index (Phi) is 5.87. The van der Waals surface area contributed by atoms with Crippen LogP contribution in [-0.2, 0) is 0 Å². The zero-order valence-corrected chi connectivity index (χ0v) is 14.0. The standard InChI is InChI=1S/C19H21N3O/c1-5-7-17(20-4)13-10-15-8-11-16(12-9-15)18-21-19(23-22-18)14(3)6-2/h5,7-9,11-12,14H,6H2,1-4H3/b7-5-,20-17?. The van der Waals surface area contributed by atoms with E-state index in [4.69, 9.17) is 4.52 Å². The van der Waals surface area contributed by atoms with Crippen LogP contribution in [0.1, 0.15) is 44.6 Å². The van der Waals surface area contributed by atoms with Gasteiger partial charge in [-0.3, -0.25) is 4.99 Å². The Morgan fingerprint density at radius 1 is 1.35 bits per heavy atom. The minimum Gasteiger partial charge on any atom is -0.339 e. The minimum atomic E-state index is 0.278. The van der Waals surface area contributed by atoms with E-state index in [-0.39, 0.29) is 5.92 Å². The maximum Gasteiger partial charge on any atom is 0.229 e. The first-order chi connectivity index (χ1) is 11.2. The minimum absolute atomic E-state index is 0.278. The second-order valence-electron chi connectivity index (χ2n) is 5.20. The van der Waals surface area contributed by atoms with Crippen LogP contribution in [0.4, 0.5) is 0 Å². The van der Waals surface area contributed by atoms with Gasteiger partial charge in [0, 0.05) is 24.1 Å². The number of hydrogen-bond acceptors (Lipinski definition) is 4. The lowest BCUT2D eigenvalue weighted by atomic mass is 10.1. The van der Waals surface area contributed by atoms with Crippen molar-refractivity contribution >= 4 is 5.71 Å². The summed E-state index contributed by atoms with van der Waals surface area (Å²) in [5.74, 6) is 7.71. The van der Waals surface area contributed by atoms with E-state index in [2.05, 4.69) is 40.8 Å². The highest BCUT2D eigenvalue weighted by Gasteiger charge is 2.13. The second-order valence-corrected chi connectivity index (χ2v) is 5.20. The van der Waals surface area contributed by atoms with E-state index in [0.717, 1.165) is 23.3 Å². The summed E-state index contributed by atoms with van der Waals surface area (Å²) in [6, 6.07) is 7.80. The Hall–Kier alpha value is -2.67. The predicted molar refractivity (Wildman–Crippen MR) is 93.5 cm³/mol. The Labute approximate surface area is 137 Å². The van der Waals surface area contributed by atoms with Crippen LogP contribution in [0.5, 0.6) is 0 Å². The molecule has 2 rings (SSSR count). The molecule has 1 aromatic heterocycles. The van der Waals surface area contributed by atoms with Crippen molar-refractivity contribution in [3.63, 3.8) is 0 Å². The first-order valence-corrected chi connectivity index (χ1v) is 7.73. The van der Waals surface area contributed by atoms with Crippen LogP contribution in [0.2, 0.25) is 0 Å². The van der Waals surface area contributed by atoms with Gasteiger partial charge in [-0.15, -0.1) is 0 Å². The van der Waals surface area contributed by atoms with Crippen molar-refractivity contribution in [1.29, 1.82) is 0 Å². The van der Waals surface area contributed by atoms with Gasteiger partial charge in [0.2, 0.25) is 11.7 Å². The Morgan fingerprint density at radius 3 is 2.70 bits per heavy atom. The third-order valence-electron chi connectivity index (χ3n) is 3.52. The molecule has 0 aliphatic rings. The SMILES string of the molecule is C/C=C\C(C#Cc1ccc(-c2noc(C(C)CC)n2)cc1)=NC. The smallest absolute Gasteiger partial charge is 0.229 e. The van der Waals surface area contributed by atoms with Gasteiger partial charge in [0.15, 0.2) is 0 Å². The summed E-state index contributed by atoms with van der Waals surface area (Å²) in [5.41, 5.74) is 2.60. The van der Waals surface area contributed by atoms with Crippen LogP contribution in [0.3, 0.4) is 0 Å². The Balaban J connectivity index is 2.17. The lowest BCUT2D eigenvalue weighted by Gasteiger charge is -1.98. The quantitative estimate of drug-likeness (QED) is 0.627. The first-order valence-electron chi connectivity index (χ1n) is 7.73. The lowest BCUT2D eigenvalue weighted by Crippen LogP contribution is -1.91. The van der Waals surface area contributed by atoms with Crippen LogP contribution in [0.25, 0.3) is 11.4 Å². The Morgan fingerprint density at radius 2 is 2.09 bits per heavy atom. The molecule has 23 heavy (non-hydrogen) atoms. The van der Waals surface area contributed by atoms with Crippen LogP contribution in [0, 0.1) is 11.8 Å². The summed E-state index contributed by atoms with van der Waals surface area (Å²) in [4.78, 5) is 8.56. The fourth-order valence-corrected chi connectivity index (χ4v) is 1.90. The zero-order chi connectivity index (χ0) is 16.7. The van der Waals surface area contributed by atoms with Crippen molar-refractivity contribution < 1.29 is 4.52 Å². The topological polar surface area (TPSA) is 51.3 Å². The van der Waals surface area contributed by atoms with Crippen LogP contribution in [0.15, 0.2) is 45.9 Å². The number of aromatic nitrogens is 2. The van der Waals surface area contributed by atoms with Crippen molar-refractivity contribution in [2.75, 3.05) is 7.05 Å². The van der Waals surface area contributed by atoms with Crippen molar-refractivity contribution in [1.82, 2.24) is 10.1 Å². The van der Waals surface area contributed by atoms with Crippen LogP contribution in [-0.4, -0.2) is 22.9 Å². The van der Waals surface area contributed by atoms with Gasteiger partial charge in [0.1, 0.15) is 5.71 Å². The molecule has 118 valence electrons. The van der Waals surface area contributed by atoms with E-state index in [1.165, 1.54) is 0 Å². The number of hydrogen-bond donors (Lipinski definition) is 0. The number of nitrogens with zero attached hydrogens (tertiary/aromatic N) is 3. The summed E-state index contributed by atoms with van der Waals surface area (Å²) in [6.07, 6.45) is 4.78. The molecule has 0 saturated carbocycles. The molecule has 0 amide bonds. The average Bonchev–Trinajstić information content (AvgIpc) is 3.08. The van der Waals surface area contributed by atoms with Crippen molar-refractivity contribution in [3.8, 4) is 23.2 Å². The number of allylic oxidation sites excluding steroid dienone is 2. The molecule has 0 fully saturated rings. The van der Waals surface area contributed by atoms with E-state index in [9.17, 15) is 0 Å². The molecule has 1 aromatic carbocycles. The van der Waals surface area contributed by atoms with Crippen molar-refractivity contribution in [2.24, 2.45) is 4.99 Å². The summed E-state index contributed by atoms with van der Waals surface area (Å²) >= 11 is 0. The molecule has 0 aliphatic carbocycles. The number of aliphatic imine (C=N–C) groups is 1. The maximum atomic E-state index is 5.31. The largest absolute Gasteiger partial charge is 0.339 e. The van der Waals surface area contributed by atoms with Gasteiger partial charge >= 0.3 is 0 Å². The molecule has 1 heterocycles. The van der Waals surface area contributed by atoms with Gasteiger partial charge in [-0.25, -0.2) is 0 Å². The van der Waals surface area contributed by atoms with Crippen LogP contribution < -0.4 is 0 Å². The van der Waals surface area contributed by atoms with E-state index in [0.29, 0.717) is 11.7 Å². The highest BCUT2D eigenvalue weighted by molar-refractivity contribution is 6.08. The maximum absolute atomic E-state index is 5.31. The molecule has 4 nitrogen and oxygen atoms in total. The molecular weight excluding hydrogens is 286 g/mol. The highest BCUT2D eigenvalue weighted by Crippen LogP contribution is 2.21. The van der Waals surface area contributed by atoms with E-state index in [1.807, 2.05) is 43.3 Å². The lowest BCUT2D eigenvalue weighted by molar-refractivity contribution is 0.357. The van der Waals surface area contributed by atoms with Gasteiger partial charge in [-0.05, 0) is 49.6 Å². The summed E-state index contributed by atoms with van der Waals surface area (Å²) in [7, 11) is 1.73. The van der Waals surface area contributed by atoms with Crippen molar-refractivity contribution in [3.05, 3.63) is 47.9 Å². The summed E-state index contributed by atoms with van der Waals surface area (Å²) in [6.45, 7) is 6.12. The summed E-state index contributed by atoms with van der Waals surface area (Å²) < 4.78 is 5.31. The Bertz CT molecular complexity index is 758. The molecule has 1 atom stereocenters. The molecule has 0 radical (unpaired) electrons. The normalized spacial score (nSPS) is 13.0. The molecule has 4 heteroatoms. The number of rotatable bonds is 4. The fourth-order valence-electron chi connectivity index (χ4n) is 1.90. The average molecular weight is 307 g/mol. The fraction of sp³-hybridized carbons (Fsp3) is 0.316. The molecule has 1 unspecified atom stereocenters. The number of benzene rings is 1. The van der Waals surface area contributed by atoms with Crippen molar-refractivity contribution in [2.45, 2.75) is 33.1 Å². The summed E-state index contributed by atoms with van der Waals surface area (Å²) in [5, 5.41) is 4.05. The molecule has 2 aromatic rings. The zero-order valence-electron chi connectivity index (χ0n) is 14.0. The molecule has 0 spiro atoms. The van der Waals surface area contributed by atoms with Gasteiger partial charge in [0.25, 0.3) is 0 Å². The molecule has 0 aliphatic heterocycles. The highest BCUT2D eigenvalue weighted by atomic mass is 16.5. The van der Waals surface area contributed by atoms with E-state index in [1.54, 1.807) is 7.05 Å². The van der Waals surface area contributed by atoms with E-state index < -0.39 is 0 Å². The van der Waals surface area contributed by atoms with Gasteiger partial charge in [-0.1, -0.05) is 31.0 Å². The molecule has 0 bridgehead atoms. The predicted octanol–water partition coefficient (Wildman–Crippen LogP) is 4.25. The first kappa shape index (κ1) is 16.7. The second kappa shape index (κ2) is 8.09. The van der Waals surface area contributed by atoms with E-state index >= 15 is 0 Å². The third kappa shape index (κ3) is 4.40. The monoisotopic (exact) mass is 307 g/mol. The van der Waals surface area contributed by atoms with Crippen LogP contribution >= 0.6 is 0 Å². The van der Waals surface area contributed by atoms with Gasteiger partial charge in [0.05, 0.1) is 0 Å². The third-order valence-corrected chi connectivity index (χ3v) is 3.52. The molecule has 0 N–H and O–H groups in total. The van der Waals surface area contributed by atoms with Gasteiger partial charge < -0.3 is 4.52 Å². The van der Waals surface area contributed by atoms with Gasteiger partial charge in [-0.2, -0.15) is 4.98 Å². The molecular formula is C19H21N3O.